The predicted octanol–water partition coefficient (Wildman–Crippen LogP) is 2.33. The molecule has 0 bridgehead atoms. The number of amides is 1. The third-order valence-electron chi connectivity index (χ3n) is 2.42. The zero-order valence-electron chi connectivity index (χ0n) is 10.2. The van der Waals surface area contributed by atoms with E-state index in [0.717, 1.165) is 5.56 Å². The van der Waals surface area contributed by atoms with Gasteiger partial charge in [0, 0.05) is 11.6 Å². The zero-order chi connectivity index (χ0) is 12.8. The van der Waals surface area contributed by atoms with E-state index in [1.165, 1.54) is 0 Å². The number of hydrogen-bond donors (Lipinski definition) is 2. The molecule has 3 N–H and O–H groups in total. The minimum absolute atomic E-state index is 0.112. The van der Waals surface area contributed by atoms with Crippen molar-refractivity contribution in [2.45, 2.75) is 32.9 Å². The van der Waals surface area contributed by atoms with Gasteiger partial charge in [-0.15, -0.1) is 0 Å². The summed E-state index contributed by atoms with van der Waals surface area (Å²) < 4.78 is 0. The molecule has 0 aliphatic heterocycles. The number of carbonyl (C=O) groups is 1. The second-order valence-corrected chi connectivity index (χ2v) is 5.02. The summed E-state index contributed by atoms with van der Waals surface area (Å²) in [6, 6.07) is 6.97. The molecule has 0 fully saturated rings. The summed E-state index contributed by atoms with van der Waals surface area (Å²) in [6.45, 7) is 4.55. The maximum atomic E-state index is 11.7. The smallest absolute Gasteiger partial charge is 0.237 e. The highest BCUT2D eigenvalue weighted by molar-refractivity contribution is 6.30. The predicted molar refractivity (Wildman–Crippen MR) is 70.7 cm³/mol. The second-order valence-electron chi connectivity index (χ2n) is 4.58. The number of nitrogens with two attached hydrogens (primary N) is 1. The molecule has 1 aromatic rings. The van der Waals surface area contributed by atoms with Crippen molar-refractivity contribution in [2.75, 3.05) is 0 Å². The zero-order valence-corrected chi connectivity index (χ0v) is 11.0. The quantitative estimate of drug-likeness (QED) is 0.847. The first kappa shape index (κ1) is 14.0. The molecular formula is C13H19ClN2O. The van der Waals surface area contributed by atoms with E-state index in [9.17, 15) is 4.79 Å². The molecule has 1 unspecified atom stereocenters. The summed E-state index contributed by atoms with van der Waals surface area (Å²) >= 11 is 5.85. The highest BCUT2D eigenvalue weighted by Crippen LogP contribution is 2.10. The lowest BCUT2D eigenvalue weighted by atomic mass is 10.0. The number of benzene rings is 1. The van der Waals surface area contributed by atoms with Gasteiger partial charge >= 0.3 is 0 Å². The van der Waals surface area contributed by atoms with E-state index in [2.05, 4.69) is 5.32 Å². The van der Waals surface area contributed by atoms with Crippen LogP contribution in [0.1, 0.15) is 25.8 Å². The van der Waals surface area contributed by atoms with Crippen molar-refractivity contribution < 1.29 is 4.79 Å². The number of hydrogen-bond acceptors (Lipinski definition) is 2. The number of halogens is 1. The van der Waals surface area contributed by atoms with Crippen molar-refractivity contribution in [3.05, 3.63) is 34.9 Å². The minimum atomic E-state index is -0.436. The first-order chi connectivity index (χ1) is 7.99. The van der Waals surface area contributed by atoms with Gasteiger partial charge in [-0.3, -0.25) is 4.79 Å². The fraction of sp³-hybridized carbons (Fsp3) is 0.462. The molecule has 0 saturated heterocycles. The molecule has 94 valence electrons. The highest BCUT2D eigenvalue weighted by Gasteiger charge is 2.14. The molecule has 0 radical (unpaired) electrons. The van der Waals surface area contributed by atoms with E-state index < -0.39 is 6.04 Å². The Balaban J connectivity index is 2.43. The summed E-state index contributed by atoms with van der Waals surface area (Å²) in [7, 11) is 0. The van der Waals surface area contributed by atoms with Gasteiger partial charge in [0.1, 0.15) is 0 Å². The van der Waals surface area contributed by atoms with E-state index in [4.69, 9.17) is 17.3 Å². The number of nitrogens with one attached hydrogen (secondary N) is 1. The topological polar surface area (TPSA) is 55.1 Å². The summed E-state index contributed by atoms with van der Waals surface area (Å²) in [6.07, 6.45) is 0.696. The highest BCUT2D eigenvalue weighted by atomic mass is 35.5. The molecule has 1 atom stereocenters. The van der Waals surface area contributed by atoms with Gasteiger partial charge in [0.15, 0.2) is 0 Å². The van der Waals surface area contributed by atoms with Crippen LogP contribution < -0.4 is 11.1 Å². The van der Waals surface area contributed by atoms with Crippen LogP contribution in [0.3, 0.4) is 0 Å². The van der Waals surface area contributed by atoms with Crippen molar-refractivity contribution in [3.63, 3.8) is 0 Å². The Morgan fingerprint density at radius 3 is 2.76 bits per heavy atom. The van der Waals surface area contributed by atoms with Crippen LogP contribution in [0.5, 0.6) is 0 Å². The molecule has 0 aliphatic carbocycles. The molecule has 4 heteroatoms. The SMILES string of the molecule is CC(C)CC(N)C(=O)NCc1cccc(Cl)c1. The van der Waals surface area contributed by atoms with E-state index in [1.54, 1.807) is 6.07 Å². The molecule has 0 aliphatic rings. The molecule has 1 rings (SSSR count). The fourth-order valence-electron chi connectivity index (χ4n) is 1.58. The third kappa shape index (κ3) is 5.20. The number of carbonyl (C=O) groups excluding carboxylic acids is 1. The minimum Gasteiger partial charge on any atom is -0.351 e. The maximum absolute atomic E-state index is 11.7. The molecule has 0 saturated carbocycles. The van der Waals surface area contributed by atoms with Crippen LogP contribution in [0.15, 0.2) is 24.3 Å². The van der Waals surface area contributed by atoms with Crippen LogP contribution in [0.4, 0.5) is 0 Å². The van der Waals surface area contributed by atoms with Gasteiger partial charge in [-0.1, -0.05) is 37.6 Å². The van der Waals surface area contributed by atoms with Gasteiger partial charge in [-0.25, -0.2) is 0 Å². The van der Waals surface area contributed by atoms with Crippen LogP contribution >= 0.6 is 11.6 Å². The largest absolute Gasteiger partial charge is 0.351 e. The van der Waals surface area contributed by atoms with Crippen molar-refractivity contribution in [2.24, 2.45) is 11.7 Å². The normalized spacial score (nSPS) is 12.5. The van der Waals surface area contributed by atoms with Crippen LogP contribution in [0, 0.1) is 5.92 Å². The van der Waals surface area contributed by atoms with Crippen LogP contribution in [0.2, 0.25) is 5.02 Å². The van der Waals surface area contributed by atoms with E-state index in [0.29, 0.717) is 23.9 Å². The Labute approximate surface area is 107 Å². The van der Waals surface area contributed by atoms with Crippen LogP contribution in [-0.2, 0) is 11.3 Å². The van der Waals surface area contributed by atoms with Gasteiger partial charge in [0.05, 0.1) is 6.04 Å². The van der Waals surface area contributed by atoms with Crippen molar-refractivity contribution >= 4 is 17.5 Å². The molecule has 3 nitrogen and oxygen atoms in total. The van der Waals surface area contributed by atoms with Gasteiger partial charge in [0.2, 0.25) is 5.91 Å². The lowest BCUT2D eigenvalue weighted by Crippen LogP contribution is -2.41. The molecule has 0 spiro atoms. The standard InChI is InChI=1S/C13H19ClN2O/c1-9(2)6-12(15)13(17)16-8-10-4-3-5-11(14)7-10/h3-5,7,9,12H,6,8,15H2,1-2H3,(H,16,17). The third-order valence-corrected chi connectivity index (χ3v) is 2.65. The van der Waals surface area contributed by atoms with Crippen LogP contribution in [0.25, 0.3) is 0 Å². The Morgan fingerprint density at radius 1 is 1.47 bits per heavy atom. The van der Waals surface area contributed by atoms with E-state index in [1.807, 2.05) is 32.0 Å². The lowest BCUT2D eigenvalue weighted by molar-refractivity contribution is -0.122. The molecule has 0 aromatic heterocycles. The van der Waals surface area contributed by atoms with Crippen molar-refractivity contribution in [3.8, 4) is 0 Å². The second kappa shape index (κ2) is 6.62. The summed E-state index contributed by atoms with van der Waals surface area (Å²) in [5.74, 6) is 0.306. The van der Waals surface area contributed by atoms with E-state index >= 15 is 0 Å². The van der Waals surface area contributed by atoms with Crippen molar-refractivity contribution in [1.29, 1.82) is 0 Å². The average Bonchev–Trinajstić information content (AvgIpc) is 2.25. The monoisotopic (exact) mass is 254 g/mol. The number of rotatable bonds is 5. The Hall–Kier alpha value is -1.06. The first-order valence-electron chi connectivity index (χ1n) is 5.76. The summed E-state index contributed by atoms with van der Waals surface area (Å²) in [4.78, 5) is 11.7. The molecular weight excluding hydrogens is 236 g/mol. The van der Waals surface area contributed by atoms with E-state index in [-0.39, 0.29) is 5.91 Å². The van der Waals surface area contributed by atoms with Crippen molar-refractivity contribution in [1.82, 2.24) is 5.32 Å². The molecule has 1 aromatic carbocycles. The molecule has 0 heterocycles. The Bertz CT molecular complexity index is 379. The van der Waals surface area contributed by atoms with Gasteiger partial charge in [-0.2, -0.15) is 0 Å². The van der Waals surface area contributed by atoms with Gasteiger partial charge in [-0.05, 0) is 30.0 Å². The van der Waals surface area contributed by atoms with Gasteiger partial charge < -0.3 is 11.1 Å². The fourth-order valence-corrected chi connectivity index (χ4v) is 1.79. The van der Waals surface area contributed by atoms with Crippen LogP contribution in [-0.4, -0.2) is 11.9 Å². The maximum Gasteiger partial charge on any atom is 0.237 e. The van der Waals surface area contributed by atoms with Gasteiger partial charge in [0.25, 0.3) is 0 Å². The Morgan fingerprint density at radius 2 is 2.18 bits per heavy atom. The summed E-state index contributed by atoms with van der Waals surface area (Å²) in [5, 5.41) is 3.48. The molecule has 17 heavy (non-hydrogen) atoms. The first-order valence-corrected chi connectivity index (χ1v) is 6.14. The lowest BCUT2D eigenvalue weighted by Gasteiger charge is -2.14. The Kier molecular flexibility index (Phi) is 5.45. The molecule has 1 amide bonds. The summed E-state index contributed by atoms with van der Waals surface area (Å²) in [5.41, 5.74) is 6.75. The average molecular weight is 255 g/mol.